The Morgan fingerprint density at radius 1 is 1.00 bits per heavy atom. The summed E-state index contributed by atoms with van der Waals surface area (Å²) in [6.45, 7) is 4.37. The summed E-state index contributed by atoms with van der Waals surface area (Å²) >= 11 is 0. The number of ether oxygens (including phenoxy) is 1. The maximum absolute atomic E-state index is 12.0. The molecule has 0 spiro atoms. The van der Waals surface area contributed by atoms with E-state index in [-0.39, 0.29) is 18.2 Å². The zero-order chi connectivity index (χ0) is 18.2. The van der Waals surface area contributed by atoms with E-state index in [0.717, 1.165) is 28.1 Å². The highest BCUT2D eigenvalue weighted by Gasteiger charge is 2.10. The number of aryl methyl sites for hydroxylation is 2. The van der Waals surface area contributed by atoms with Crippen LogP contribution in [0.15, 0.2) is 42.5 Å². The second-order valence-corrected chi connectivity index (χ2v) is 5.99. The standard InChI is InChI=1S/C20H24N2O3/c1-14-4-5-15(2)18(12-14)22-20(24)13-19(23)21-11-10-16-6-8-17(25-3)9-7-16/h4-9,12H,10-11,13H2,1-3H3,(H,21,23)(H,22,24). The molecular weight excluding hydrogens is 316 g/mol. The predicted molar refractivity (Wildman–Crippen MR) is 98.9 cm³/mol. The summed E-state index contributed by atoms with van der Waals surface area (Å²) in [7, 11) is 1.62. The molecule has 0 saturated carbocycles. The number of rotatable bonds is 7. The summed E-state index contributed by atoms with van der Waals surface area (Å²) in [6, 6.07) is 13.5. The minimum atomic E-state index is -0.310. The lowest BCUT2D eigenvalue weighted by atomic mass is 10.1. The van der Waals surface area contributed by atoms with Crippen molar-refractivity contribution in [3.05, 3.63) is 59.2 Å². The molecule has 0 bridgehead atoms. The third kappa shape index (κ3) is 5.95. The first-order valence-electron chi connectivity index (χ1n) is 8.24. The van der Waals surface area contributed by atoms with Crippen molar-refractivity contribution in [3.8, 4) is 5.75 Å². The van der Waals surface area contributed by atoms with Crippen LogP contribution in [0, 0.1) is 13.8 Å². The van der Waals surface area contributed by atoms with Gasteiger partial charge in [0, 0.05) is 12.2 Å². The van der Waals surface area contributed by atoms with Crippen LogP contribution in [-0.2, 0) is 16.0 Å². The first-order chi connectivity index (χ1) is 12.0. The second-order valence-electron chi connectivity index (χ2n) is 5.99. The first kappa shape index (κ1) is 18.5. The van der Waals surface area contributed by atoms with Crippen molar-refractivity contribution in [2.24, 2.45) is 0 Å². The minimum absolute atomic E-state index is 0.185. The quantitative estimate of drug-likeness (QED) is 0.762. The van der Waals surface area contributed by atoms with E-state index in [1.807, 2.05) is 56.3 Å². The van der Waals surface area contributed by atoms with E-state index >= 15 is 0 Å². The summed E-state index contributed by atoms with van der Waals surface area (Å²) in [5.41, 5.74) is 3.88. The number of hydrogen-bond donors (Lipinski definition) is 2. The number of benzene rings is 2. The van der Waals surface area contributed by atoms with Gasteiger partial charge in [0.2, 0.25) is 11.8 Å². The molecule has 2 N–H and O–H groups in total. The molecule has 0 atom stereocenters. The Kier molecular flexibility index (Phi) is 6.57. The highest BCUT2D eigenvalue weighted by Crippen LogP contribution is 2.16. The van der Waals surface area contributed by atoms with Crippen LogP contribution in [-0.4, -0.2) is 25.5 Å². The van der Waals surface area contributed by atoms with E-state index in [9.17, 15) is 9.59 Å². The van der Waals surface area contributed by atoms with E-state index in [4.69, 9.17) is 4.74 Å². The molecule has 0 aliphatic carbocycles. The number of carbonyl (C=O) groups is 2. The van der Waals surface area contributed by atoms with Crippen LogP contribution < -0.4 is 15.4 Å². The van der Waals surface area contributed by atoms with Gasteiger partial charge in [-0.25, -0.2) is 0 Å². The molecule has 2 rings (SSSR count). The molecule has 0 aliphatic heterocycles. The smallest absolute Gasteiger partial charge is 0.233 e. The van der Waals surface area contributed by atoms with Crippen molar-refractivity contribution in [1.82, 2.24) is 5.32 Å². The molecule has 0 heterocycles. The summed E-state index contributed by atoms with van der Waals surface area (Å²) in [5, 5.41) is 5.56. The fourth-order valence-corrected chi connectivity index (χ4v) is 2.41. The maximum Gasteiger partial charge on any atom is 0.233 e. The molecule has 0 radical (unpaired) electrons. The Hall–Kier alpha value is -2.82. The molecule has 2 amide bonds. The van der Waals surface area contributed by atoms with Gasteiger partial charge in [-0.3, -0.25) is 9.59 Å². The van der Waals surface area contributed by atoms with Crippen LogP contribution >= 0.6 is 0 Å². The number of amides is 2. The number of nitrogens with one attached hydrogen (secondary N) is 2. The summed E-state index contributed by atoms with van der Waals surface area (Å²) < 4.78 is 5.11. The SMILES string of the molecule is COc1ccc(CCNC(=O)CC(=O)Nc2cc(C)ccc2C)cc1. The van der Waals surface area contributed by atoms with Crippen LogP contribution in [0.2, 0.25) is 0 Å². The molecule has 0 saturated heterocycles. The van der Waals surface area contributed by atoms with E-state index in [1.54, 1.807) is 7.11 Å². The number of carbonyl (C=O) groups excluding carboxylic acids is 2. The third-order valence-electron chi connectivity index (χ3n) is 3.88. The molecule has 0 aromatic heterocycles. The van der Waals surface area contributed by atoms with Crippen molar-refractivity contribution >= 4 is 17.5 Å². The molecular formula is C20H24N2O3. The van der Waals surface area contributed by atoms with Gasteiger partial charge in [0.15, 0.2) is 0 Å². The maximum atomic E-state index is 12.0. The van der Waals surface area contributed by atoms with Gasteiger partial charge in [-0.2, -0.15) is 0 Å². The van der Waals surface area contributed by atoms with Crippen LogP contribution in [0.25, 0.3) is 0 Å². The Morgan fingerprint density at radius 2 is 1.72 bits per heavy atom. The number of hydrogen-bond acceptors (Lipinski definition) is 3. The van der Waals surface area contributed by atoms with Gasteiger partial charge in [0.1, 0.15) is 12.2 Å². The van der Waals surface area contributed by atoms with Gasteiger partial charge in [-0.1, -0.05) is 24.3 Å². The van der Waals surface area contributed by atoms with Crippen molar-refractivity contribution < 1.29 is 14.3 Å². The van der Waals surface area contributed by atoms with E-state index in [2.05, 4.69) is 10.6 Å². The monoisotopic (exact) mass is 340 g/mol. The van der Waals surface area contributed by atoms with Gasteiger partial charge in [-0.15, -0.1) is 0 Å². The molecule has 5 nitrogen and oxygen atoms in total. The van der Waals surface area contributed by atoms with Crippen molar-refractivity contribution in [2.75, 3.05) is 19.0 Å². The van der Waals surface area contributed by atoms with E-state index in [0.29, 0.717) is 13.0 Å². The zero-order valence-corrected chi connectivity index (χ0v) is 14.9. The number of anilines is 1. The molecule has 0 aliphatic rings. The van der Waals surface area contributed by atoms with Gasteiger partial charge in [0.05, 0.1) is 7.11 Å². The second kappa shape index (κ2) is 8.87. The highest BCUT2D eigenvalue weighted by molar-refractivity contribution is 6.03. The summed E-state index contributed by atoms with van der Waals surface area (Å²) in [4.78, 5) is 23.9. The summed E-state index contributed by atoms with van der Waals surface area (Å²) in [5.74, 6) is 0.211. The third-order valence-corrected chi connectivity index (χ3v) is 3.88. The van der Waals surface area contributed by atoms with Crippen LogP contribution in [0.4, 0.5) is 5.69 Å². The molecule has 2 aromatic rings. The fraction of sp³-hybridized carbons (Fsp3) is 0.300. The normalized spacial score (nSPS) is 10.2. The first-order valence-corrected chi connectivity index (χ1v) is 8.24. The average molecular weight is 340 g/mol. The molecule has 25 heavy (non-hydrogen) atoms. The van der Waals surface area contributed by atoms with Crippen LogP contribution in [0.1, 0.15) is 23.1 Å². The molecule has 0 fully saturated rings. The van der Waals surface area contributed by atoms with Crippen molar-refractivity contribution in [3.63, 3.8) is 0 Å². The van der Waals surface area contributed by atoms with E-state index in [1.165, 1.54) is 0 Å². The Balaban J connectivity index is 1.75. The largest absolute Gasteiger partial charge is 0.497 e. The average Bonchev–Trinajstić information content (AvgIpc) is 2.58. The van der Waals surface area contributed by atoms with Crippen molar-refractivity contribution in [1.29, 1.82) is 0 Å². The van der Waals surface area contributed by atoms with Crippen molar-refractivity contribution in [2.45, 2.75) is 26.7 Å². The van der Waals surface area contributed by atoms with Crippen LogP contribution in [0.5, 0.6) is 5.75 Å². The van der Waals surface area contributed by atoms with Crippen LogP contribution in [0.3, 0.4) is 0 Å². The lowest BCUT2D eigenvalue weighted by molar-refractivity contribution is -0.126. The predicted octanol–water partition coefficient (Wildman–Crippen LogP) is 3.00. The lowest BCUT2D eigenvalue weighted by Crippen LogP contribution is -2.29. The van der Waals surface area contributed by atoms with E-state index < -0.39 is 0 Å². The summed E-state index contributed by atoms with van der Waals surface area (Å²) in [6.07, 6.45) is 0.518. The van der Waals surface area contributed by atoms with Gasteiger partial charge >= 0.3 is 0 Å². The highest BCUT2D eigenvalue weighted by atomic mass is 16.5. The van der Waals surface area contributed by atoms with Gasteiger partial charge in [0.25, 0.3) is 0 Å². The minimum Gasteiger partial charge on any atom is -0.497 e. The Morgan fingerprint density at radius 3 is 2.40 bits per heavy atom. The fourth-order valence-electron chi connectivity index (χ4n) is 2.41. The zero-order valence-electron chi connectivity index (χ0n) is 14.9. The Bertz CT molecular complexity index is 739. The van der Waals surface area contributed by atoms with Gasteiger partial charge < -0.3 is 15.4 Å². The Labute approximate surface area is 148 Å². The lowest BCUT2D eigenvalue weighted by Gasteiger charge is -2.10. The molecule has 132 valence electrons. The molecule has 0 unspecified atom stereocenters. The molecule has 5 heteroatoms. The molecule has 2 aromatic carbocycles. The topological polar surface area (TPSA) is 67.4 Å². The van der Waals surface area contributed by atoms with Gasteiger partial charge in [-0.05, 0) is 55.2 Å². The number of methoxy groups -OCH3 is 1.